The quantitative estimate of drug-likeness (QED) is 0.0347. The number of hydrogen-bond donors (Lipinski definition) is 0. The van der Waals surface area contributed by atoms with Crippen LogP contribution in [0.5, 0.6) is 0 Å². The first-order valence-corrected chi connectivity index (χ1v) is 25.8. The molecule has 62 heavy (non-hydrogen) atoms. The smallest absolute Gasteiger partial charge is 0.310 e. The maximum Gasteiger partial charge on any atom is 0.310 e. The van der Waals surface area contributed by atoms with Crippen molar-refractivity contribution < 1.29 is 23.8 Å². The third-order valence-electron chi connectivity index (χ3n) is 10.6. The summed E-state index contributed by atoms with van der Waals surface area (Å²) in [5.74, 6) is -0.558. The minimum Gasteiger partial charge on any atom is -0.462 e. The fraction of sp³-hybridized carbons (Fsp3) is 0.684. The van der Waals surface area contributed by atoms with E-state index in [2.05, 4.69) is 106 Å². The number of ether oxygens (including phenoxy) is 3. The maximum atomic E-state index is 12.7. The van der Waals surface area contributed by atoms with Gasteiger partial charge < -0.3 is 14.2 Å². The molecule has 0 aromatic heterocycles. The first kappa shape index (κ1) is 58.8. The third kappa shape index (κ3) is 49.5. The number of unbranched alkanes of at least 4 members (excludes halogenated alkanes) is 20. The second-order valence-electron chi connectivity index (χ2n) is 16.7. The molecule has 5 nitrogen and oxygen atoms in total. The largest absolute Gasteiger partial charge is 0.462 e. The van der Waals surface area contributed by atoms with Gasteiger partial charge in [0.25, 0.3) is 0 Å². The number of hydrogen-bond acceptors (Lipinski definition) is 5. The Balaban J connectivity index is 4.39. The zero-order valence-electron chi connectivity index (χ0n) is 40.6. The van der Waals surface area contributed by atoms with Gasteiger partial charge in [-0.2, -0.15) is 0 Å². The fourth-order valence-electron chi connectivity index (χ4n) is 6.83. The molecule has 0 N–H and O–H groups in total. The highest BCUT2D eigenvalue weighted by Gasteiger charge is 2.17. The average Bonchev–Trinajstić information content (AvgIpc) is 3.27. The molecular weight excluding hydrogens is 765 g/mol. The van der Waals surface area contributed by atoms with Crippen LogP contribution >= 0.6 is 0 Å². The summed E-state index contributed by atoms with van der Waals surface area (Å²) in [5, 5.41) is 0. The predicted octanol–water partition coefficient (Wildman–Crippen LogP) is 17.5. The second-order valence-corrected chi connectivity index (χ2v) is 16.7. The number of esters is 2. The van der Waals surface area contributed by atoms with E-state index in [4.69, 9.17) is 14.2 Å². The Hall–Kier alpha value is -3.18. The summed E-state index contributed by atoms with van der Waals surface area (Å²) < 4.78 is 17.3. The van der Waals surface area contributed by atoms with Gasteiger partial charge in [0.05, 0.1) is 13.0 Å². The molecule has 0 fully saturated rings. The molecule has 0 saturated heterocycles. The molecule has 0 aliphatic heterocycles. The molecule has 0 saturated carbocycles. The van der Waals surface area contributed by atoms with Crippen LogP contribution < -0.4 is 0 Å². The second kappa shape index (κ2) is 52.2. The van der Waals surface area contributed by atoms with Gasteiger partial charge in [-0.15, -0.1) is 0 Å². The van der Waals surface area contributed by atoms with E-state index in [0.717, 1.165) is 83.5 Å². The molecule has 0 aromatic rings. The van der Waals surface area contributed by atoms with Crippen LogP contribution in [0.1, 0.15) is 226 Å². The first-order valence-electron chi connectivity index (χ1n) is 25.8. The van der Waals surface area contributed by atoms with Crippen LogP contribution in [-0.2, 0) is 23.8 Å². The molecule has 0 rings (SSSR count). The van der Waals surface area contributed by atoms with Gasteiger partial charge in [-0.1, -0.05) is 227 Å². The van der Waals surface area contributed by atoms with Crippen molar-refractivity contribution in [1.29, 1.82) is 0 Å². The van der Waals surface area contributed by atoms with E-state index < -0.39 is 6.10 Å². The average molecular weight is 861 g/mol. The van der Waals surface area contributed by atoms with E-state index >= 15 is 0 Å². The highest BCUT2D eigenvalue weighted by molar-refractivity contribution is 5.71. The number of allylic oxidation sites excluding steroid dienone is 15. The molecule has 0 aliphatic rings. The molecule has 0 spiro atoms. The number of carbonyl (C=O) groups is 2. The van der Waals surface area contributed by atoms with E-state index in [1.807, 2.05) is 12.2 Å². The lowest BCUT2D eigenvalue weighted by Gasteiger charge is -2.18. The molecule has 0 aromatic carbocycles. The first-order chi connectivity index (χ1) is 30.6. The summed E-state index contributed by atoms with van der Waals surface area (Å²) in [7, 11) is 0. The standard InChI is InChI=1S/C57H96O5/c1-4-7-10-13-16-19-22-25-27-28-29-30-32-33-35-38-41-44-47-50-56(58)61-54-55(53-60-52-49-46-43-40-37-24-21-18-15-12-9-6-3)62-57(59)51-48-45-42-39-36-34-31-26-23-20-17-14-11-8-5-2/h8,11,16-17,19-20,25-27,29-31,36,39,45,48,55H,4-7,9-10,12-15,18,21-24,28,32-35,37-38,40-44,46-47,49-54H2,1-3H3/b11-8-,19-16-,20-17-,27-25-,30-29-,31-26-,39-36-,48-45-. The Labute approximate surface area is 383 Å². The molecule has 0 amide bonds. The van der Waals surface area contributed by atoms with Gasteiger partial charge in [-0.05, 0) is 83.5 Å². The maximum absolute atomic E-state index is 12.7. The minimum atomic E-state index is -0.598. The zero-order valence-corrected chi connectivity index (χ0v) is 40.6. The lowest BCUT2D eigenvalue weighted by atomic mass is 10.1. The van der Waals surface area contributed by atoms with Gasteiger partial charge in [0.2, 0.25) is 0 Å². The summed E-state index contributed by atoms with van der Waals surface area (Å²) in [6.07, 6.45) is 70.1. The van der Waals surface area contributed by atoms with Gasteiger partial charge in [0.1, 0.15) is 6.61 Å². The Kier molecular flexibility index (Phi) is 49.5. The lowest BCUT2D eigenvalue weighted by molar-refractivity contribution is -0.162. The fourth-order valence-corrected chi connectivity index (χ4v) is 6.83. The van der Waals surface area contributed by atoms with Crippen molar-refractivity contribution in [2.75, 3.05) is 19.8 Å². The van der Waals surface area contributed by atoms with Crippen LogP contribution in [0.25, 0.3) is 0 Å². The van der Waals surface area contributed by atoms with Crippen LogP contribution in [0, 0.1) is 0 Å². The molecule has 0 heterocycles. The van der Waals surface area contributed by atoms with Crippen molar-refractivity contribution in [2.24, 2.45) is 0 Å². The molecule has 0 radical (unpaired) electrons. The van der Waals surface area contributed by atoms with Gasteiger partial charge in [0, 0.05) is 13.0 Å². The molecule has 0 aliphatic carbocycles. The summed E-state index contributed by atoms with van der Waals surface area (Å²) in [4.78, 5) is 25.3. The summed E-state index contributed by atoms with van der Waals surface area (Å²) >= 11 is 0. The molecule has 354 valence electrons. The van der Waals surface area contributed by atoms with Crippen molar-refractivity contribution >= 4 is 11.9 Å². The van der Waals surface area contributed by atoms with Crippen molar-refractivity contribution in [2.45, 2.75) is 232 Å². The Morgan fingerprint density at radius 1 is 0.387 bits per heavy atom. The van der Waals surface area contributed by atoms with Gasteiger partial charge in [0.15, 0.2) is 6.10 Å². The Bertz CT molecular complexity index is 1200. The van der Waals surface area contributed by atoms with Crippen LogP contribution in [0.3, 0.4) is 0 Å². The zero-order chi connectivity index (χ0) is 44.9. The van der Waals surface area contributed by atoms with E-state index in [9.17, 15) is 9.59 Å². The monoisotopic (exact) mass is 861 g/mol. The summed E-state index contributed by atoms with van der Waals surface area (Å²) in [6, 6.07) is 0. The highest BCUT2D eigenvalue weighted by Crippen LogP contribution is 2.13. The normalized spacial score (nSPS) is 13.0. The van der Waals surface area contributed by atoms with E-state index in [-0.39, 0.29) is 31.6 Å². The van der Waals surface area contributed by atoms with Crippen molar-refractivity contribution in [3.63, 3.8) is 0 Å². The van der Waals surface area contributed by atoms with E-state index in [1.54, 1.807) is 0 Å². The Morgan fingerprint density at radius 2 is 0.774 bits per heavy atom. The lowest BCUT2D eigenvalue weighted by Crippen LogP contribution is -2.29. The van der Waals surface area contributed by atoms with Crippen molar-refractivity contribution in [3.8, 4) is 0 Å². The van der Waals surface area contributed by atoms with E-state index in [1.165, 1.54) is 109 Å². The Morgan fingerprint density at radius 3 is 1.27 bits per heavy atom. The highest BCUT2D eigenvalue weighted by atomic mass is 16.6. The van der Waals surface area contributed by atoms with Gasteiger partial charge >= 0.3 is 11.9 Å². The van der Waals surface area contributed by atoms with E-state index in [0.29, 0.717) is 13.0 Å². The summed E-state index contributed by atoms with van der Waals surface area (Å²) in [5.41, 5.74) is 0. The number of rotatable bonds is 46. The number of carbonyl (C=O) groups excluding carboxylic acids is 2. The molecule has 1 unspecified atom stereocenters. The molecule has 1 atom stereocenters. The molecular formula is C57H96O5. The SMILES string of the molecule is CC/C=C\C/C=C\C/C=C\C/C=C\C/C=C\CC(=O)OC(COCCCCCCCCCCCCCC)COC(=O)CCCCCCCC/C=C\C/C=C\C/C=C\CCCCC. The van der Waals surface area contributed by atoms with Crippen LogP contribution in [0.15, 0.2) is 97.2 Å². The van der Waals surface area contributed by atoms with Crippen molar-refractivity contribution in [3.05, 3.63) is 97.2 Å². The van der Waals surface area contributed by atoms with Gasteiger partial charge in [-0.3, -0.25) is 9.59 Å². The van der Waals surface area contributed by atoms with Crippen LogP contribution in [-0.4, -0.2) is 37.9 Å². The van der Waals surface area contributed by atoms with Crippen LogP contribution in [0.2, 0.25) is 0 Å². The summed E-state index contributed by atoms with van der Waals surface area (Å²) in [6.45, 7) is 7.57. The third-order valence-corrected chi connectivity index (χ3v) is 10.6. The topological polar surface area (TPSA) is 61.8 Å². The van der Waals surface area contributed by atoms with Crippen molar-refractivity contribution in [1.82, 2.24) is 0 Å². The van der Waals surface area contributed by atoms with Gasteiger partial charge in [-0.25, -0.2) is 0 Å². The van der Waals surface area contributed by atoms with Crippen LogP contribution in [0.4, 0.5) is 0 Å². The predicted molar refractivity (Wildman–Crippen MR) is 270 cm³/mol. The minimum absolute atomic E-state index is 0.0359. The molecule has 0 bridgehead atoms. The molecule has 5 heteroatoms.